The van der Waals surface area contributed by atoms with E-state index in [1.54, 1.807) is 6.08 Å². The lowest BCUT2D eigenvalue weighted by Gasteiger charge is -2.19. The Labute approximate surface area is 92.0 Å². The van der Waals surface area contributed by atoms with Crippen LogP contribution in [0.4, 0.5) is 5.82 Å². The van der Waals surface area contributed by atoms with Gasteiger partial charge >= 0.3 is 5.97 Å². The van der Waals surface area contributed by atoms with Crippen molar-refractivity contribution in [3.8, 4) is 0 Å². The SMILES string of the molecule is C=CCN(CC(=O)O)c1cncc(Cl)n1. The van der Waals surface area contributed by atoms with E-state index in [1.165, 1.54) is 17.3 Å². The molecule has 0 amide bonds. The number of rotatable bonds is 5. The van der Waals surface area contributed by atoms with Crippen LogP contribution >= 0.6 is 11.6 Å². The molecule has 1 heterocycles. The fourth-order valence-corrected chi connectivity index (χ4v) is 1.19. The van der Waals surface area contributed by atoms with Crippen molar-refractivity contribution in [2.24, 2.45) is 0 Å². The number of hydrogen-bond donors (Lipinski definition) is 1. The fraction of sp³-hybridized carbons (Fsp3) is 0.222. The monoisotopic (exact) mass is 227 g/mol. The topological polar surface area (TPSA) is 66.3 Å². The van der Waals surface area contributed by atoms with Gasteiger partial charge in [0.2, 0.25) is 0 Å². The zero-order chi connectivity index (χ0) is 11.3. The van der Waals surface area contributed by atoms with Gasteiger partial charge in [-0.25, -0.2) is 4.98 Å². The molecule has 6 heteroatoms. The van der Waals surface area contributed by atoms with Gasteiger partial charge in [-0.3, -0.25) is 9.78 Å². The predicted octanol–water partition coefficient (Wildman–Crippen LogP) is 1.21. The molecule has 0 aliphatic heterocycles. The third kappa shape index (κ3) is 3.55. The van der Waals surface area contributed by atoms with Gasteiger partial charge in [0.15, 0.2) is 0 Å². The van der Waals surface area contributed by atoms with E-state index in [0.717, 1.165) is 0 Å². The quantitative estimate of drug-likeness (QED) is 0.766. The van der Waals surface area contributed by atoms with Crippen molar-refractivity contribution in [2.75, 3.05) is 18.0 Å². The second-order valence-corrected chi connectivity index (χ2v) is 3.15. The lowest BCUT2D eigenvalue weighted by Crippen LogP contribution is -2.30. The van der Waals surface area contributed by atoms with Gasteiger partial charge in [-0.1, -0.05) is 17.7 Å². The summed E-state index contributed by atoms with van der Waals surface area (Å²) in [5.74, 6) is -0.525. The second kappa shape index (κ2) is 5.31. The summed E-state index contributed by atoms with van der Waals surface area (Å²) in [7, 11) is 0. The van der Waals surface area contributed by atoms with E-state index in [0.29, 0.717) is 12.4 Å². The lowest BCUT2D eigenvalue weighted by atomic mass is 10.4. The molecule has 1 aromatic rings. The zero-order valence-corrected chi connectivity index (χ0v) is 8.68. The van der Waals surface area contributed by atoms with Gasteiger partial charge in [0.1, 0.15) is 17.5 Å². The minimum Gasteiger partial charge on any atom is -0.480 e. The molecule has 1 rings (SSSR count). The Morgan fingerprint density at radius 1 is 1.67 bits per heavy atom. The summed E-state index contributed by atoms with van der Waals surface area (Å²) in [5, 5.41) is 8.91. The normalized spacial score (nSPS) is 9.67. The van der Waals surface area contributed by atoms with Crippen LogP contribution in [0.25, 0.3) is 0 Å². The van der Waals surface area contributed by atoms with E-state index in [-0.39, 0.29) is 11.7 Å². The van der Waals surface area contributed by atoms with Gasteiger partial charge < -0.3 is 10.0 Å². The van der Waals surface area contributed by atoms with Gasteiger partial charge in [-0.05, 0) is 0 Å². The minimum atomic E-state index is -0.946. The number of aromatic nitrogens is 2. The van der Waals surface area contributed by atoms with Crippen LogP contribution in [-0.2, 0) is 4.79 Å². The molecule has 0 aliphatic carbocycles. The molecule has 80 valence electrons. The number of carboxylic acid groups (broad SMARTS) is 1. The summed E-state index contributed by atoms with van der Waals surface area (Å²) in [5.41, 5.74) is 0. The van der Waals surface area contributed by atoms with E-state index in [4.69, 9.17) is 16.7 Å². The molecule has 1 N–H and O–H groups in total. The van der Waals surface area contributed by atoms with Crippen LogP contribution in [0.15, 0.2) is 25.0 Å². The Bertz CT molecular complexity index is 370. The average Bonchev–Trinajstić information content (AvgIpc) is 2.16. The standard InChI is InChI=1S/C9H10ClN3O2/c1-2-3-13(6-9(14)15)8-5-11-4-7(10)12-8/h2,4-5H,1,3,6H2,(H,14,15). The largest absolute Gasteiger partial charge is 0.480 e. The van der Waals surface area contributed by atoms with E-state index in [1.807, 2.05) is 0 Å². The first-order valence-electron chi connectivity index (χ1n) is 4.18. The van der Waals surface area contributed by atoms with Crippen molar-refractivity contribution in [1.29, 1.82) is 0 Å². The number of carbonyl (C=O) groups is 1. The molecule has 0 saturated carbocycles. The molecule has 0 aliphatic rings. The highest BCUT2D eigenvalue weighted by Crippen LogP contribution is 2.12. The highest BCUT2D eigenvalue weighted by molar-refractivity contribution is 6.29. The van der Waals surface area contributed by atoms with Crippen LogP contribution in [0, 0.1) is 0 Å². The smallest absolute Gasteiger partial charge is 0.323 e. The zero-order valence-electron chi connectivity index (χ0n) is 7.93. The van der Waals surface area contributed by atoms with Gasteiger partial charge in [-0.2, -0.15) is 0 Å². The summed E-state index contributed by atoms with van der Waals surface area (Å²) in [6.07, 6.45) is 4.43. The first kappa shape index (κ1) is 11.5. The molecule has 5 nitrogen and oxygen atoms in total. The van der Waals surface area contributed by atoms with E-state index < -0.39 is 5.97 Å². The van der Waals surface area contributed by atoms with Crippen LogP contribution in [-0.4, -0.2) is 34.1 Å². The maximum absolute atomic E-state index is 10.6. The van der Waals surface area contributed by atoms with Crippen molar-refractivity contribution in [1.82, 2.24) is 9.97 Å². The Morgan fingerprint density at radius 3 is 2.93 bits per heavy atom. The summed E-state index contributed by atoms with van der Waals surface area (Å²) in [6, 6.07) is 0. The Balaban J connectivity index is 2.87. The Morgan fingerprint density at radius 2 is 2.40 bits per heavy atom. The minimum absolute atomic E-state index is 0.166. The molecular weight excluding hydrogens is 218 g/mol. The van der Waals surface area contributed by atoms with Crippen LogP contribution < -0.4 is 4.90 Å². The van der Waals surface area contributed by atoms with Crippen LogP contribution in [0.1, 0.15) is 0 Å². The number of aliphatic carboxylic acids is 1. The van der Waals surface area contributed by atoms with Crippen LogP contribution in [0.5, 0.6) is 0 Å². The highest BCUT2D eigenvalue weighted by Gasteiger charge is 2.10. The van der Waals surface area contributed by atoms with Gasteiger partial charge in [0.25, 0.3) is 0 Å². The lowest BCUT2D eigenvalue weighted by molar-refractivity contribution is -0.135. The molecule has 0 unspecified atom stereocenters. The van der Waals surface area contributed by atoms with Crippen molar-refractivity contribution in [2.45, 2.75) is 0 Å². The fourth-order valence-electron chi connectivity index (χ4n) is 1.04. The van der Waals surface area contributed by atoms with Crippen molar-refractivity contribution >= 4 is 23.4 Å². The molecule has 0 fully saturated rings. The summed E-state index contributed by atoms with van der Waals surface area (Å²) in [6.45, 7) is 3.75. The van der Waals surface area contributed by atoms with Crippen molar-refractivity contribution in [3.05, 3.63) is 30.2 Å². The van der Waals surface area contributed by atoms with E-state index in [9.17, 15) is 4.79 Å². The van der Waals surface area contributed by atoms with Gasteiger partial charge in [0, 0.05) is 6.54 Å². The Hall–Kier alpha value is -1.62. The molecule has 15 heavy (non-hydrogen) atoms. The van der Waals surface area contributed by atoms with Crippen LogP contribution in [0.2, 0.25) is 5.15 Å². The van der Waals surface area contributed by atoms with Crippen LogP contribution in [0.3, 0.4) is 0 Å². The third-order valence-electron chi connectivity index (χ3n) is 1.59. The van der Waals surface area contributed by atoms with Crippen molar-refractivity contribution < 1.29 is 9.90 Å². The number of anilines is 1. The van der Waals surface area contributed by atoms with E-state index in [2.05, 4.69) is 16.5 Å². The highest BCUT2D eigenvalue weighted by atomic mass is 35.5. The maximum Gasteiger partial charge on any atom is 0.323 e. The molecule has 0 spiro atoms. The average molecular weight is 228 g/mol. The molecular formula is C9H10ClN3O2. The van der Waals surface area contributed by atoms with Gasteiger partial charge in [0.05, 0.1) is 12.4 Å². The molecule has 0 atom stereocenters. The molecule has 0 bridgehead atoms. The van der Waals surface area contributed by atoms with Gasteiger partial charge in [-0.15, -0.1) is 6.58 Å². The number of halogens is 1. The Kier molecular flexibility index (Phi) is 4.05. The number of nitrogens with zero attached hydrogens (tertiary/aromatic N) is 3. The van der Waals surface area contributed by atoms with E-state index >= 15 is 0 Å². The first-order chi connectivity index (χ1) is 7.13. The predicted molar refractivity (Wildman–Crippen MR) is 57.1 cm³/mol. The number of hydrogen-bond acceptors (Lipinski definition) is 4. The van der Waals surface area contributed by atoms with Crippen molar-refractivity contribution in [3.63, 3.8) is 0 Å². The summed E-state index contributed by atoms with van der Waals surface area (Å²) in [4.78, 5) is 19.9. The first-order valence-corrected chi connectivity index (χ1v) is 4.56. The maximum atomic E-state index is 10.6. The number of carboxylic acids is 1. The second-order valence-electron chi connectivity index (χ2n) is 2.76. The molecule has 0 saturated heterocycles. The molecule has 1 aromatic heterocycles. The summed E-state index contributed by atoms with van der Waals surface area (Å²) < 4.78 is 0. The third-order valence-corrected chi connectivity index (χ3v) is 1.77. The molecule has 0 radical (unpaired) electrons. The summed E-state index contributed by atoms with van der Waals surface area (Å²) >= 11 is 5.65. The molecule has 0 aromatic carbocycles.